The quantitative estimate of drug-likeness (QED) is 0.326. The van der Waals surface area contributed by atoms with Crippen LogP contribution in [0.5, 0.6) is 11.5 Å². The third-order valence-electron chi connectivity index (χ3n) is 5.96. The van der Waals surface area contributed by atoms with Crippen molar-refractivity contribution < 1.29 is 28.6 Å². The molecule has 0 spiro atoms. The number of aliphatic hydroxyl groups is 1. The van der Waals surface area contributed by atoms with Crippen molar-refractivity contribution in [1.29, 1.82) is 0 Å². The van der Waals surface area contributed by atoms with E-state index in [1.165, 1.54) is 36.3 Å². The van der Waals surface area contributed by atoms with E-state index in [2.05, 4.69) is 0 Å². The standard InChI is InChI=1S/C27H24FNO5/c1-15-13-22(34-4)16(2)12-21(15)25(30)23-24(17-8-10-18(28)11-9-17)29(27(32)26(23)31)19-6-5-7-20(14-19)33-3/h5-14,24,30H,1-4H3/b25-23+. The van der Waals surface area contributed by atoms with Gasteiger partial charge in [0.25, 0.3) is 11.7 Å². The Morgan fingerprint density at radius 3 is 2.29 bits per heavy atom. The fourth-order valence-electron chi connectivity index (χ4n) is 4.23. The van der Waals surface area contributed by atoms with Crippen LogP contribution in [-0.4, -0.2) is 31.0 Å². The second-order valence-electron chi connectivity index (χ2n) is 8.06. The van der Waals surface area contributed by atoms with Gasteiger partial charge in [0.1, 0.15) is 23.1 Å². The van der Waals surface area contributed by atoms with Gasteiger partial charge in [-0.15, -0.1) is 0 Å². The number of carbonyl (C=O) groups is 2. The van der Waals surface area contributed by atoms with Crippen LogP contribution in [0.3, 0.4) is 0 Å². The Hall–Kier alpha value is -4.13. The molecule has 1 saturated heterocycles. The van der Waals surface area contributed by atoms with Crippen LogP contribution >= 0.6 is 0 Å². The number of aryl methyl sites for hydroxylation is 2. The summed E-state index contributed by atoms with van der Waals surface area (Å²) in [7, 11) is 3.05. The lowest BCUT2D eigenvalue weighted by atomic mass is 9.93. The number of ether oxygens (including phenoxy) is 2. The van der Waals surface area contributed by atoms with E-state index >= 15 is 0 Å². The largest absolute Gasteiger partial charge is 0.507 e. The monoisotopic (exact) mass is 461 g/mol. The van der Waals surface area contributed by atoms with Gasteiger partial charge in [-0.2, -0.15) is 0 Å². The van der Waals surface area contributed by atoms with E-state index in [1.54, 1.807) is 50.4 Å². The minimum Gasteiger partial charge on any atom is -0.507 e. The molecule has 4 rings (SSSR count). The lowest BCUT2D eigenvalue weighted by molar-refractivity contribution is -0.132. The van der Waals surface area contributed by atoms with Crippen LogP contribution in [0, 0.1) is 19.7 Å². The van der Waals surface area contributed by atoms with E-state index < -0.39 is 23.5 Å². The number of anilines is 1. The molecule has 1 heterocycles. The number of rotatable bonds is 5. The third kappa shape index (κ3) is 3.90. The Kier molecular flexibility index (Phi) is 6.11. The molecule has 0 aliphatic carbocycles. The molecule has 1 aliphatic heterocycles. The van der Waals surface area contributed by atoms with Gasteiger partial charge in [0.05, 0.1) is 25.8 Å². The Balaban J connectivity index is 1.97. The molecule has 1 amide bonds. The highest BCUT2D eigenvalue weighted by Gasteiger charge is 2.47. The lowest BCUT2D eigenvalue weighted by Gasteiger charge is -2.26. The maximum absolute atomic E-state index is 13.7. The molecule has 7 heteroatoms. The molecule has 34 heavy (non-hydrogen) atoms. The molecule has 0 radical (unpaired) electrons. The minimum atomic E-state index is -0.963. The third-order valence-corrected chi connectivity index (χ3v) is 5.96. The van der Waals surface area contributed by atoms with Crippen LogP contribution in [0.1, 0.15) is 28.3 Å². The van der Waals surface area contributed by atoms with Crippen LogP contribution in [-0.2, 0) is 9.59 Å². The number of amides is 1. The molecule has 0 aromatic heterocycles. The number of ketones is 1. The predicted octanol–water partition coefficient (Wildman–Crippen LogP) is 5.09. The van der Waals surface area contributed by atoms with E-state index in [-0.39, 0.29) is 11.3 Å². The number of hydrogen-bond donors (Lipinski definition) is 1. The summed E-state index contributed by atoms with van der Waals surface area (Å²) in [5.41, 5.74) is 2.66. The molecule has 3 aromatic carbocycles. The number of nitrogens with zero attached hydrogens (tertiary/aromatic N) is 1. The van der Waals surface area contributed by atoms with Gasteiger partial charge in [0, 0.05) is 17.3 Å². The second-order valence-corrected chi connectivity index (χ2v) is 8.06. The van der Waals surface area contributed by atoms with E-state index in [9.17, 15) is 19.1 Å². The maximum atomic E-state index is 13.7. The van der Waals surface area contributed by atoms with Gasteiger partial charge in [-0.25, -0.2) is 4.39 Å². The molecule has 1 unspecified atom stereocenters. The number of Topliss-reactive ketones (excluding diaryl/α,β-unsaturated/α-hetero) is 1. The summed E-state index contributed by atoms with van der Waals surface area (Å²) in [6, 6.07) is 14.7. The predicted molar refractivity (Wildman–Crippen MR) is 127 cm³/mol. The number of benzene rings is 3. The van der Waals surface area contributed by atoms with Gasteiger partial charge in [-0.05, 0) is 66.9 Å². The average Bonchev–Trinajstić information content (AvgIpc) is 3.10. The number of methoxy groups -OCH3 is 2. The van der Waals surface area contributed by atoms with Gasteiger partial charge >= 0.3 is 0 Å². The zero-order valence-electron chi connectivity index (χ0n) is 19.3. The summed E-state index contributed by atoms with van der Waals surface area (Å²) in [5, 5.41) is 11.4. The minimum absolute atomic E-state index is 0.0768. The van der Waals surface area contributed by atoms with E-state index in [4.69, 9.17) is 9.47 Å². The van der Waals surface area contributed by atoms with E-state index in [1.807, 2.05) is 6.92 Å². The average molecular weight is 461 g/mol. The summed E-state index contributed by atoms with van der Waals surface area (Å²) in [6.07, 6.45) is 0. The molecule has 1 atom stereocenters. The Bertz CT molecular complexity index is 1310. The summed E-state index contributed by atoms with van der Waals surface area (Å²) in [5.74, 6) is -1.25. The molecule has 174 valence electrons. The summed E-state index contributed by atoms with van der Waals surface area (Å²) in [6.45, 7) is 3.60. The van der Waals surface area contributed by atoms with Crippen molar-refractivity contribution in [3.05, 3.63) is 94.3 Å². The van der Waals surface area contributed by atoms with Crippen molar-refractivity contribution in [2.75, 3.05) is 19.1 Å². The first-order valence-electron chi connectivity index (χ1n) is 10.6. The number of hydrogen-bond acceptors (Lipinski definition) is 5. The fraction of sp³-hybridized carbons (Fsp3) is 0.185. The SMILES string of the molecule is COc1cccc(N2C(=O)C(=O)/C(=C(/O)c3cc(C)c(OC)cc3C)C2c2ccc(F)cc2)c1. The zero-order chi connectivity index (χ0) is 24.6. The Morgan fingerprint density at radius 2 is 1.65 bits per heavy atom. The van der Waals surface area contributed by atoms with Crippen molar-refractivity contribution in [3.8, 4) is 11.5 Å². The van der Waals surface area contributed by atoms with Crippen LogP contribution in [0.2, 0.25) is 0 Å². The van der Waals surface area contributed by atoms with Gasteiger partial charge in [0.2, 0.25) is 0 Å². The number of carbonyl (C=O) groups excluding carboxylic acids is 2. The first kappa shape index (κ1) is 23.0. The van der Waals surface area contributed by atoms with Crippen LogP contribution in [0.15, 0.2) is 66.2 Å². The first-order chi connectivity index (χ1) is 16.3. The van der Waals surface area contributed by atoms with Gasteiger partial charge in [-0.3, -0.25) is 14.5 Å². The Morgan fingerprint density at radius 1 is 0.941 bits per heavy atom. The van der Waals surface area contributed by atoms with Crippen molar-refractivity contribution in [2.24, 2.45) is 0 Å². The number of halogens is 1. The van der Waals surface area contributed by atoms with Crippen molar-refractivity contribution in [3.63, 3.8) is 0 Å². The summed E-state index contributed by atoms with van der Waals surface area (Å²) < 4.78 is 24.3. The van der Waals surface area contributed by atoms with E-state index in [0.717, 1.165) is 5.56 Å². The first-order valence-corrected chi connectivity index (χ1v) is 10.6. The zero-order valence-corrected chi connectivity index (χ0v) is 19.3. The Labute approximate surface area is 196 Å². The number of aliphatic hydroxyl groups excluding tert-OH is 1. The van der Waals surface area contributed by atoms with Crippen molar-refractivity contribution >= 4 is 23.1 Å². The molecule has 6 nitrogen and oxygen atoms in total. The molecule has 1 N–H and O–H groups in total. The maximum Gasteiger partial charge on any atom is 0.300 e. The molecule has 0 saturated carbocycles. The molecular weight excluding hydrogens is 437 g/mol. The summed E-state index contributed by atoms with van der Waals surface area (Å²) in [4.78, 5) is 27.8. The van der Waals surface area contributed by atoms with Gasteiger partial charge in [0.15, 0.2) is 0 Å². The lowest BCUT2D eigenvalue weighted by Crippen LogP contribution is -2.29. The highest BCUT2D eigenvalue weighted by Crippen LogP contribution is 2.43. The summed E-state index contributed by atoms with van der Waals surface area (Å²) >= 11 is 0. The van der Waals surface area contributed by atoms with Crippen LogP contribution < -0.4 is 14.4 Å². The van der Waals surface area contributed by atoms with Crippen molar-refractivity contribution in [2.45, 2.75) is 19.9 Å². The molecule has 3 aromatic rings. The second kappa shape index (κ2) is 9.02. The van der Waals surface area contributed by atoms with Crippen LogP contribution in [0.4, 0.5) is 10.1 Å². The van der Waals surface area contributed by atoms with Gasteiger partial charge < -0.3 is 14.6 Å². The molecule has 1 aliphatic rings. The highest BCUT2D eigenvalue weighted by molar-refractivity contribution is 6.51. The van der Waals surface area contributed by atoms with Crippen LogP contribution in [0.25, 0.3) is 5.76 Å². The van der Waals surface area contributed by atoms with Crippen molar-refractivity contribution in [1.82, 2.24) is 0 Å². The van der Waals surface area contributed by atoms with E-state index in [0.29, 0.717) is 33.9 Å². The fourth-order valence-corrected chi connectivity index (χ4v) is 4.23. The highest BCUT2D eigenvalue weighted by atomic mass is 19.1. The topological polar surface area (TPSA) is 76.1 Å². The van der Waals surface area contributed by atoms with Gasteiger partial charge in [-0.1, -0.05) is 18.2 Å². The molecular formula is C27H24FNO5. The smallest absolute Gasteiger partial charge is 0.300 e. The molecule has 1 fully saturated rings. The normalized spacial score (nSPS) is 17.2. The molecule has 0 bridgehead atoms.